The van der Waals surface area contributed by atoms with E-state index in [1.165, 1.54) is 37.4 Å². The number of hydrogen-bond acceptors (Lipinski definition) is 7. The molecule has 11 nitrogen and oxygen atoms in total. The zero-order valence-electron chi connectivity index (χ0n) is 18.9. The predicted octanol–water partition coefficient (Wildman–Crippen LogP) is 3.44. The number of nitro groups is 1. The Balaban J connectivity index is 1.61. The Morgan fingerprint density at radius 3 is 2.39 bits per heavy atom. The minimum atomic E-state index is -3.93. The van der Waals surface area contributed by atoms with Gasteiger partial charge in [-0.3, -0.25) is 19.7 Å². The lowest BCUT2D eigenvalue weighted by molar-refractivity contribution is -0.384. The lowest BCUT2D eigenvalue weighted by atomic mass is 10.0. The highest BCUT2D eigenvalue weighted by atomic mass is 79.9. The molecule has 0 atom stereocenters. The number of amides is 2. The highest BCUT2D eigenvalue weighted by Gasteiger charge is 2.20. The number of hydrogen-bond donors (Lipinski definition) is 3. The Labute approximate surface area is 215 Å². The van der Waals surface area contributed by atoms with Crippen LogP contribution in [0.4, 0.5) is 11.4 Å². The molecule has 2 amide bonds. The second kappa shape index (κ2) is 11.3. The van der Waals surface area contributed by atoms with Crippen molar-refractivity contribution in [2.75, 3.05) is 19.0 Å². The molecular formula is C23H21BrN4O7S. The Bertz CT molecular complexity index is 1430. The maximum atomic E-state index is 12.4. The summed E-state index contributed by atoms with van der Waals surface area (Å²) in [4.78, 5) is 35.4. The summed E-state index contributed by atoms with van der Waals surface area (Å²) in [7, 11) is -2.56. The van der Waals surface area contributed by atoms with E-state index in [0.29, 0.717) is 21.2 Å². The molecule has 36 heavy (non-hydrogen) atoms. The van der Waals surface area contributed by atoms with Crippen LogP contribution in [0.3, 0.4) is 0 Å². The number of nitro benzene ring substituents is 1. The number of benzene rings is 3. The molecule has 13 heteroatoms. The number of rotatable bonds is 9. The van der Waals surface area contributed by atoms with Gasteiger partial charge < -0.3 is 15.4 Å². The molecule has 0 saturated heterocycles. The standard InChI is InChI=1S/C23H21BrN4O7S/c1-35-20-13-19(28(31)32)18(12-17(20)24)27-22(29)10-11-26-23(30)15-8-6-14(7-9-15)16-4-2-3-5-21(16)36(25,33)34/h2-9,12-13H,10-11H2,1H3,(H,26,30)(H,27,29)(H2,25,33,34). The van der Waals surface area contributed by atoms with E-state index in [0.717, 1.165) is 0 Å². The molecule has 0 bridgehead atoms. The molecule has 3 aromatic carbocycles. The van der Waals surface area contributed by atoms with Crippen LogP contribution in [0.2, 0.25) is 0 Å². The molecule has 0 aliphatic rings. The van der Waals surface area contributed by atoms with Crippen molar-refractivity contribution in [2.45, 2.75) is 11.3 Å². The van der Waals surface area contributed by atoms with Gasteiger partial charge in [-0.2, -0.15) is 0 Å². The summed E-state index contributed by atoms with van der Waals surface area (Å²) in [6.07, 6.45) is -0.133. The smallest absolute Gasteiger partial charge is 0.296 e. The number of sulfonamides is 1. The lowest BCUT2D eigenvalue weighted by Crippen LogP contribution is -2.27. The van der Waals surface area contributed by atoms with E-state index in [9.17, 15) is 28.1 Å². The molecule has 0 aliphatic carbocycles. The molecule has 0 saturated carbocycles. The third-order valence-electron chi connectivity index (χ3n) is 5.03. The van der Waals surface area contributed by atoms with Crippen LogP contribution in [0.15, 0.2) is 70.0 Å². The summed E-state index contributed by atoms with van der Waals surface area (Å²) in [6.45, 7) is -0.0220. The topological polar surface area (TPSA) is 171 Å². The second-order valence-corrected chi connectivity index (χ2v) is 9.82. The van der Waals surface area contributed by atoms with E-state index in [1.54, 1.807) is 30.3 Å². The minimum absolute atomic E-state index is 0.0145. The molecule has 3 rings (SSSR count). The molecule has 0 fully saturated rings. The maximum absolute atomic E-state index is 12.4. The number of primary sulfonamides is 1. The summed E-state index contributed by atoms with van der Waals surface area (Å²) >= 11 is 3.22. The third kappa shape index (κ3) is 6.44. The zero-order chi connectivity index (χ0) is 26.5. The van der Waals surface area contributed by atoms with Gasteiger partial charge in [0.15, 0.2) is 0 Å². The van der Waals surface area contributed by atoms with Gasteiger partial charge in [-0.15, -0.1) is 0 Å². The van der Waals surface area contributed by atoms with E-state index in [-0.39, 0.29) is 35.0 Å². The average Bonchev–Trinajstić information content (AvgIpc) is 2.83. The highest BCUT2D eigenvalue weighted by Crippen LogP contribution is 2.36. The molecule has 0 spiro atoms. The van der Waals surface area contributed by atoms with Crippen LogP contribution in [0.5, 0.6) is 5.75 Å². The first-order valence-corrected chi connectivity index (χ1v) is 12.7. The number of anilines is 1. The van der Waals surface area contributed by atoms with E-state index in [4.69, 9.17) is 9.88 Å². The molecule has 188 valence electrons. The first-order valence-electron chi connectivity index (χ1n) is 10.3. The molecule has 4 N–H and O–H groups in total. The fourth-order valence-corrected chi connectivity index (χ4v) is 4.57. The second-order valence-electron chi connectivity index (χ2n) is 7.43. The predicted molar refractivity (Wildman–Crippen MR) is 136 cm³/mol. The monoisotopic (exact) mass is 576 g/mol. The number of carbonyl (C=O) groups excluding carboxylic acids is 2. The van der Waals surface area contributed by atoms with E-state index in [1.807, 2.05) is 0 Å². The summed E-state index contributed by atoms with van der Waals surface area (Å²) in [6, 6.07) is 15.0. The first kappa shape index (κ1) is 26.8. The fraction of sp³-hybridized carbons (Fsp3) is 0.130. The van der Waals surface area contributed by atoms with Crippen LogP contribution in [0.1, 0.15) is 16.8 Å². The van der Waals surface area contributed by atoms with Gasteiger partial charge in [0.05, 0.1) is 27.5 Å². The first-order chi connectivity index (χ1) is 17.0. The zero-order valence-corrected chi connectivity index (χ0v) is 21.3. The number of nitrogens with two attached hydrogens (primary N) is 1. The van der Waals surface area contributed by atoms with Crippen LogP contribution >= 0.6 is 15.9 Å². The molecule has 0 aromatic heterocycles. The third-order valence-corrected chi connectivity index (χ3v) is 6.62. The fourth-order valence-electron chi connectivity index (χ4n) is 3.31. The quantitative estimate of drug-likeness (QED) is 0.258. The van der Waals surface area contributed by atoms with Crippen molar-refractivity contribution >= 4 is 49.1 Å². The van der Waals surface area contributed by atoms with Crippen molar-refractivity contribution in [3.05, 3.63) is 80.8 Å². The number of methoxy groups -OCH3 is 1. The normalized spacial score (nSPS) is 11.0. The van der Waals surface area contributed by atoms with Gasteiger partial charge in [-0.05, 0) is 45.8 Å². The highest BCUT2D eigenvalue weighted by molar-refractivity contribution is 9.10. The van der Waals surface area contributed by atoms with Crippen molar-refractivity contribution in [3.8, 4) is 16.9 Å². The number of carbonyl (C=O) groups is 2. The van der Waals surface area contributed by atoms with Gasteiger partial charge in [0.25, 0.3) is 11.6 Å². The van der Waals surface area contributed by atoms with Gasteiger partial charge in [-0.25, -0.2) is 13.6 Å². The Kier molecular flexibility index (Phi) is 8.40. The largest absolute Gasteiger partial charge is 0.495 e. The SMILES string of the molecule is COc1cc([N+](=O)[O-])c(NC(=O)CCNC(=O)c2ccc(-c3ccccc3S(N)(=O)=O)cc2)cc1Br. The van der Waals surface area contributed by atoms with E-state index < -0.39 is 26.8 Å². The Hall–Kier alpha value is -3.81. The number of halogens is 1. The van der Waals surface area contributed by atoms with E-state index in [2.05, 4.69) is 26.6 Å². The van der Waals surface area contributed by atoms with Gasteiger partial charge in [0, 0.05) is 24.1 Å². The van der Waals surface area contributed by atoms with Gasteiger partial charge >= 0.3 is 0 Å². The van der Waals surface area contributed by atoms with Crippen molar-refractivity contribution in [1.29, 1.82) is 0 Å². The van der Waals surface area contributed by atoms with Crippen molar-refractivity contribution in [3.63, 3.8) is 0 Å². The number of nitrogens with one attached hydrogen (secondary N) is 2. The van der Waals surface area contributed by atoms with Gasteiger partial charge in [0.2, 0.25) is 15.9 Å². The van der Waals surface area contributed by atoms with Crippen molar-refractivity contribution in [2.24, 2.45) is 5.14 Å². The summed E-state index contributed by atoms with van der Waals surface area (Å²) in [5.41, 5.74) is 0.906. The average molecular weight is 577 g/mol. The Morgan fingerprint density at radius 2 is 1.78 bits per heavy atom. The van der Waals surface area contributed by atoms with Crippen molar-refractivity contribution < 1.29 is 27.7 Å². The molecule has 0 aliphatic heterocycles. The van der Waals surface area contributed by atoms with Crippen LogP contribution in [-0.4, -0.2) is 38.8 Å². The van der Waals surface area contributed by atoms with Crippen LogP contribution < -0.4 is 20.5 Å². The molecule has 0 heterocycles. The molecule has 3 aromatic rings. The summed E-state index contributed by atoms with van der Waals surface area (Å²) in [5.74, 6) is -0.746. The molecule has 0 radical (unpaired) electrons. The van der Waals surface area contributed by atoms with Crippen LogP contribution in [-0.2, 0) is 14.8 Å². The molecule has 0 unspecified atom stereocenters. The van der Waals surface area contributed by atoms with E-state index >= 15 is 0 Å². The van der Waals surface area contributed by atoms with Gasteiger partial charge in [0.1, 0.15) is 11.4 Å². The lowest BCUT2D eigenvalue weighted by Gasteiger charge is -2.10. The van der Waals surface area contributed by atoms with Crippen molar-refractivity contribution in [1.82, 2.24) is 5.32 Å². The number of ether oxygens (including phenoxy) is 1. The maximum Gasteiger partial charge on any atom is 0.296 e. The minimum Gasteiger partial charge on any atom is -0.495 e. The molecular weight excluding hydrogens is 556 g/mol. The number of nitrogens with zero attached hydrogens (tertiary/aromatic N) is 1. The van der Waals surface area contributed by atoms with Gasteiger partial charge in [-0.1, -0.05) is 30.3 Å². The summed E-state index contributed by atoms with van der Waals surface area (Å²) < 4.78 is 29.1. The Morgan fingerprint density at radius 1 is 1.11 bits per heavy atom. The van der Waals surface area contributed by atoms with Crippen LogP contribution in [0, 0.1) is 10.1 Å². The summed E-state index contributed by atoms with van der Waals surface area (Å²) in [5, 5.41) is 21.7. The van der Waals surface area contributed by atoms with Crippen LogP contribution in [0.25, 0.3) is 11.1 Å².